The highest BCUT2D eigenvalue weighted by atomic mass is 14.8. The van der Waals surface area contributed by atoms with Gasteiger partial charge in [-0.1, -0.05) is 55.1 Å². The van der Waals surface area contributed by atoms with Gasteiger partial charge in [0, 0.05) is 0 Å². The average molecular weight is 219 g/mol. The predicted molar refractivity (Wildman–Crippen MR) is 72.0 cm³/mol. The molecule has 0 bridgehead atoms. The smallest absolute Gasteiger partial charge is 0.0675 e. The monoisotopic (exact) mass is 219 g/mol. The molecule has 0 saturated heterocycles. The molecule has 2 aromatic rings. The molecule has 1 heteroatoms. The quantitative estimate of drug-likeness (QED) is 0.721. The van der Waals surface area contributed by atoms with E-state index in [1.54, 1.807) is 0 Å². The fourth-order valence-electron chi connectivity index (χ4n) is 2.36. The van der Waals surface area contributed by atoms with Gasteiger partial charge in [-0.2, -0.15) is 0 Å². The average Bonchev–Trinajstić information content (AvgIpc) is 2.78. The summed E-state index contributed by atoms with van der Waals surface area (Å²) >= 11 is 0. The summed E-state index contributed by atoms with van der Waals surface area (Å²) in [5.41, 5.74) is 4.65. The molecular formula is C16H13N. The number of para-hydroxylation sites is 1. The second-order valence-corrected chi connectivity index (χ2v) is 4.14. The summed E-state index contributed by atoms with van der Waals surface area (Å²) in [7, 11) is 0. The molecule has 0 saturated carbocycles. The van der Waals surface area contributed by atoms with E-state index in [0.29, 0.717) is 0 Å². The third kappa shape index (κ3) is 1.60. The lowest BCUT2D eigenvalue weighted by molar-refractivity contribution is 1.12. The Bertz CT molecular complexity index is 581. The van der Waals surface area contributed by atoms with Crippen LogP contribution < -0.4 is 0 Å². The van der Waals surface area contributed by atoms with Crippen molar-refractivity contribution in [3.8, 4) is 0 Å². The van der Waals surface area contributed by atoms with Gasteiger partial charge >= 0.3 is 0 Å². The van der Waals surface area contributed by atoms with Crippen LogP contribution in [0.4, 0.5) is 5.69 Å². The van der Waals surface area contributed by atoms with Crippen LogP contribution in [0.1, 0.15) is 17.0 Å². The normalized spacial score (nSPS) is 17.4. The van der Waals surface area contributed by atoms with Crippen LogP contribution in [0, 0.1) is 0 Å². The first-order chi connectivity index (χ1) is 8.40. The van der Waals surface area contributed by atoms with Crippen molar-refractivity contribution in [2.24, 2.45) is 4.99 Å². The SMILES string of the molecule is C=CC1=Nc2ccccc2C1c1ccccc1. The summed E-state index contributed by atoms with van der Waals surface area (Å²) in [5.74, 6) is 0.241. The summed E-state index contributed by atoms with van der Waals surface area (Å²) in [6.45, 7) is 3.87. The van der Waals surface area contributed by atoms with Crippen LogP contribution in [-0.2, 0) is 0 Å². The van der Waals surface area contributed by atoms with E-state index >= 15 is 0 Å². The van der Waals surface area contributed by atoms with Gasteiger partial charge in [0.2, 0.25) is 0 Å². The maximum Gasteiger partial charge on any atom is 0.0675 e. The van der Waals surface area contributed by atoms with E-state index in [2.05, 4.69) is 54.0 Å². The molecule has 0 radical (unpaired) electrons. The van der Waals surface area contributed by atoms with Crippen molar-refractivity contribution in [3.05, 3.63) is 78.4 Å². The van der Waals surface area contributed by atoms with E-state index in [-0.39, 0.29) is 5.92 Å². The van der Waals surface area contributed by atoms with Crippen LogP contribution in [-0.4, -0.2) is 5.71 Å². The van der Waals surface area contributed by atoms with Gasteiger partial charge in [-0.05, 0) is 23.3 Å². The van der Waals surface area contributed by atoms with Gasteiger partial charge in [0.1, 0.15) is 0 Å². The van der Waals surface area contributed by atoms with Crippen LogP contribution in [0.3, 0.4) is 0 Å². The number of nitrogens with zero attached hydrogens (tertiary/aromatic N) is 1. The van der Waals surface area contributed by atoms with Crippen molar-refractivity contribution < 1.29 is 0 Å². The standard InChI is InChI=1S/C16H13N/c1-2-14-16(12-8-4-3-5-9-12)13-10-6-7-11-15(13)17-14/h2-11,16H,1H2. The van der Waals surface area contributed by atoms with Crippen molar-refractivity contribution in [2.45, 2.75) is 5.92 Å². The van der Waals surface area contributed by atoms with Crippen LogP contribution in [0.5, 0.6) is 0 Å². The second kappa shape index (κ2) is 4.02. The van der Waals surface area contributed by atoms with Crippen LogP contribution in [0.2, 0.25) is 0 Å². The third-order valence-corrected chi connectivity index (χ3v) is 3.14. The van der Waals surface area contributed by atoms with Gasteiger partial charge in [-0.15, -0.1) is 0 Å². The molecule has 1 aliphatic rings. The predicted octanol–water partition coefficient (Wildman–Crippen LogP) is 4.09. The summed E-state index contributed by atoms with van der Waals surface area (Å²) in [5, 5.41) is 0. The van der Waals surface area contributed by atoms with Crippen molar-refractivity contribution in [1.29, 1.82) is 0 Å². The van der Waals surface area contributed by atoms with Gasteiger partial charge in [-0.3, -0.25) is 4.99 Å². The molecule has 0 N–H and O–H groups in total. The Labute approximate surface area is 101 Å². The number of fused-ring (bicyclic) bond motifs is 1. The highest BCUT2D eigenvalue weighted by Crippen LogP contribution is 2.39. The molecule has 0 fully saturated rings. The minimum absolute atomic E-state index is 0.241. The van der Waals surface area contributed by atoms with Gasteiger partial charge in [0.25, 0.3) is 0 Å². The van der Waals surface area contributed by atoms with E-state index < -0.39 is 0 Å². The lowest BCUT2D eigenvalue weighted by Gasteiger charge is -2.12. The number of aliphatic imine (C=N–C) groups is 1. The fourth-order valence-corrected chi connectivity index (χ4v) is 2.36. The zero-order chi connectivity index (χ0) is 11.7. The lowest BCUT2D eigenvalue weighted by Crippen LogP contribution is -2.06. The van der Waals surface area contributed by atoms with Gasteiger partial charge in [0.15, 0.2) is 0 Å². The molecule has 17 heavy (non-hydrogen) atoms. The molecule has 3 rings (SSSR count). The maximum absolute atomic E-state index is 4.63. The van der Waals surface area contributed by atoms with Crippen molar-refractivity contribution in [3.63, 3.8) is 0 Å². The van der Waals surface area contributed by atoms with E-state index in [9.17, 15) is 0 Å². The summed E-state index contributed by atoms with van der Waals surface area (Å²) in [4.78, 5) is 4.63. The van der Waals surface area contributed by atoms with Crippen molar-refractivity contribution in [2.75, 3.05) is 0 Å². The highest BCUT2D eigenvalue weighted by Gasteiger charge is 2.26. The number of hydrogen-bond acceptors (Lipinski definition) is 1. The molecular weight excluding hydrogens is 206 g/mol. The molecule has 82 valence electrons. The topological polar surface area (TPSA) is 12.4 Å². The van der Waals surface area contributed by atoms with Crippen molar-refractivity contribution >= 4 is 11.4 Å². The minimum atomic E-state index is 0.241. The molecule has 0 aromatic heterocycles. The van der Waals surface area contributed by atoms with Crippen LogP contribution in [0.25, 0.3) is 0 Å². The largest absolute Gasteiger partial charge is 0.252 e. The minimum Gasteiger partial charge on any atom is -0.252 e. The van der Waals surface area contributed by atoms with Crippen molar-refractivity contribution in [1.82, 2.24) is 0 Å². The first kappa shape index (κ1) is 10.0. The summed E-state index contributed by atoms with van der Waals surface area (Å²) in [6, 6.07) is 18.8. The Morgan fingerprint density at radius 1 is 0.941 bits per heavy atom. The Morgan fingerprint density at radius 2 is 1.65 bits per heavy atom. The van der Waals surface area contributed by atoms with Gasteiger partial charge in [0.05, 0.1) is 17.3 Å². The van der Waals surface area contributed by atoms with Gasteiger partial charge < -0.3 is 0 Å². The Morgan fingerprint density at radius 3 is 2.41 bits per heavy atom. The zero-order valence-electron chi connectivity index (χ0n) is 9.51. The maximum atomic E-state index is 4.63. The van der Waals surface area contributed by atoms with Gasteiger partial charge in [-0.25, -0.2) is 0 Å². The molecule has 0 amide bonds. The molecule has 0 aliphatic carbocycles. The van der Waals surface area contributed by atoms with E-state index in [1.807, 2.05) is 18.2 Å². The first-order valence-electron chi connectivity index (χ1n) is 5.75. The number of allylic oxidation sites excluding steroid dienone is 1. The summed E-state index contributed by atoms with van der Waals surface area (Å²) < 4.78 is 0. The van der Waals surface area contributed by atoms with E-state index in [4.69, 9.17) is 0 Å². The summed E-state index contributed by atoms with van der Waals surface area (Å²) in [6.07, 6.45) is 1.86. The Kier molecular flexibility index (Phi) is 2.37. The number of rotatable bonds is 2. The van der Waals surface area contributed by atoms with Crippen LogP contribution >= 0.6 is 0 Å². The molecule has 0 spiro atoms. The molecule has 1 aliphatic heterocycles. The fraction of sp³-hybridized carbons (Fsp3) is 0.0625. The highest BCUT2D eigenvalue weighted by molar-refractivity contribution is 6.07. The molecule has 1 unspecified atom stereocenters. The van der Waals surface area contributed by atoms with Crippen LogP contribution in [0.15, 0.2) is 72.2 Å². The molecule has 1 atom stereocenters. The number of benzene rings is 2. The van der Waals surface area contributed by atoms with E-state index in [0.717, 1.165) is 11.4 Å². The Balaban J connectivity index is 2.16. The zero-order valence-corrected chi connectivity index (χ0v) is 9.51. The first-order valence-corrected chi connectivity index (χ1v) is 5.75. The Hall–Kier alpha value is -2.15. The molecule has 2 aromatic carbocycles. The second-order valence-electron chi connectivity index (χ2n) is 4.14. The van der Waals surface area contributed by atoms with E-state index in [1.165, 1.54) is 11.1 Å². The lowest BCUT2D eigenvalue weighted by atomic mass is 9.89. The molecule has 1 nitrogen and oxygen atoms in total. The number of hydrogen-bond donors (Lipinski definition) is 0. The molecule has 1 heterocycles. The third-order valence-electron chi connectivity index (χ3n) is 3.14.